The number of phenols is 1. The van der Waals surface area contributed by atoms with Gasteiger partial charge in [-0.3, -0.25) is 0 Å². The molecule has 0 saturated carbocycles. The molecule has 0 aliphatic heterocycles. The second-order valence-electron chi connectivity index (χ2n) is 20.6. The van der Waals surface area contributed by atoms with Crippen molar-refractivity contribution in [3.8, 4) is 17.2 Å². The Morgan fingerprint density at radius 1 is 0.333 bits per heavy atom. The van der Waals surface area contributed by atoms with E-state index < -0.39 is 0 Å². The Bertz CT molecular complexity index is 1470. The molecule has 0 bridgehead atoms. The first-order chi connectivity index (χ1) is 36.0. The van der Waals surface area contributed by atoms with Gasteiger partial charge in [0.1, 0.15) is 17.2 Å². The number of aromatic hydroxyl groups is 1. The fourth-order valence-electron chi connectivity index (χ4n) is 9.50. The summed E-state index contributed by atoms with van der Waals surface area (Å²) in [6, 6.07) is 24.8. The first-order valence-corrected chi connectivity index (χ1v) is 32.6. The summed E-state index contributed by atoms with van der Waals surface area (Å²) in [4.78, 5) is 0. The minimum Gasteiger partial charge on any atom is -0.870 e. The molecule has 0 heterocycles. The van der Waals surface area contributed by atoms with Crippen LogP contribution in [0, 0.1) is 0 Å². The number of benzene rings is 3. The second-order valence-corrected chi connectivity index (χ2v) is 22.2. The van der Waals surface area contributed by atoms with Gasteiger partial charge in [-0.25, -0.2) is 0 Å². The molecule has 3 aromatic carbocycles. The number of rotatable bonds is 46. The second kappa shape index (κ2) is 65.7. The summed E-state index contributed by atoms with van der Waals surface area (Å²) in [5.41, 5.74) is 4.01. The van der Waals surface area contributed by atoms with Crippen LogP contribution in [0.1, 0.15) is 289 Å². The van der Waals surface area contributed by atoms with Crippen molar-refractivity contribution in [3.63, 3.8) is 0 Å². The molecule has 0 radical (unpaired) electrons. The van der Waals surface area contributed by atoms with Gasteiger partial charge >= 0.3 is 29.6 Å². The topological polar surface area (TPSA) is 68.7 Å². The van der Waals surface area contributed by atoms with Crippen molar-refractivity contribution >= 4 is 46.4 Å². The molecular weight excluding hydrogens is 1020 g/mol. The normalized spacial score (nSPS) is 10.4. The zero-order chi connectivity index (χ0) is 53.2. The Labute approximate surface area is 508 Å². The van der Waals surface area contributed by atoms with Gasteiger partial charge in [0.15, 0.2) is 0 Å². The fraction of sp³-hybridized carbons (Fsp3) is 0.727. The molecule has 4 nitrogen and oxygen atoms in total. The standard InChI is InChI=1S/C43H72O2.C21H36O.2CH2Cl2.Na.H2O.H2/c1-3-5-7-9-11-13-15-17-19-21-23-25-27-31-40-33-29-35-42(37-40)44-39-45-43-36-30-34-41(38-43)32-28-26-24-22-20-18-16-14-12-10-8-6-4-2;1-2-3-4-5-6-7-8-9-10-11-12-13-14-16-20-17-15-18-21(22)19-20;2*2-1-3;;;/h29-30,33-38H,3-28,31-32,39H2,1-2H3;15,17-19,22H,2-14,16H2,1H3;2*1H2;;1H2;1H/q;;;;+1;;/p-1/i;;;;;;1+1. The maximum Gasteiger partial charge on any atom is 1.00 e. The number of halogens is 4. The van der Waals surface area contributed by atoms with Gasteiger partial charge in [-0.2, -0.15) is 0 Å². The van der Waals surface area contributed by atoms with Gasteiger partial charge in [0.25, 0.3) is 0 Å². The Morgan fingerprint density at radius 2 is 0.547 bits per heavy atom. The summed E-state index contributed by atoms with van der Waals surface area (Å²) >= 11 is 19.1. The molecule has 2 N–H and O–H groups in total. The van der Waals surface area contributed by atoms with Gasteiger partial charge in [0.2, 0.25) is 6.79 Å². The molecule has 0 aromatic heterocycles. The van der Waals surface area contributed by atoms with E-state index in [1.807, 2.05) is 24.3 Å². The van der Waals surface area contributed by atoms with Crippen molar-refractivity contribution in [1.29, 1.82) is 0 Å². The molecule has 0 atom stereocenters. The number of phenolic OH excluding ortho intramolecular Hbond substituents is 1. The smallest absolute Gasteiger partial charge is 0.870 e. The molecule has 3 aromatic rings. The van der Waals surface area contributed by atoms with Crippen LogP contribution in [-0.4, -0.2) is 28.1 Å². The van der Waals surface area contributed by atoms with Crippen molar-refractivity contribution in [3.05, 3.63) is 89.5 Å². The number of alkyl halides is 4. The Hall–Kier alpha value is -0.820. The maximum atomic E-state index is 9.42. The van der Waals surface area contributed by atoms with Crippen LogP contribution in [0.3, 0.4) is 0 Å². The first-order valence-electron chi connectivity index (χ1n) is 30.4. The molecule has 0 spiro atoms. The molecule has 9 heteroatoms. The number of ether oxygens (including phenoxy) is 2. The van der Waals surface area contributed by atoms with Crippen molar-refractivity contribution in [1.82, 2.24) is 0 Å². The molecule has 432 valence electrons. The van der Waals surface area contributed by atoms with E-state index in [0.29, 0.717) is 5.75 Å². The summed E-state index contributed by atoms with van der Waals surface area (Å²) in [7, 11) is 0. The average molecular weight is 1140 g/mol. The molecule has 0 aliphatic carbocycles. The van der Waals surface area contributed by atoms with Gasteiger partial charge in [0, 0.05) is 1.43 Å². The summed E-state index contributed by atoms with van der Waals surface area (Å²) in [6.45, 7) is 7.13. The van der Waals surface area contributed by atoms with Crippen LogP contribution in [0.4, 0.5) is 0 Å². The van der Waals surface area contributed by atoms with Gasteiger partial charge in [-0.1, -0.05) is 288 Å². The summed E-state index contributed by atoms with van der Waals surface area (Å²) in [5.74, 6) is 2.21. The quantitative estimate of drug-likeness (QED) is 0.0265. The third kappa shape index (κ3) is 57.7. The van der Waals surface area contributed by atoms with Crippen LogP contribution < -0.4 is 39.0 Å². The molecule has 0 amide bonds. The van der Waals surface area contributed by atoms with Gasteiger partial charge in [-0.05, 0) is 91.6 Å². The zero-order valence-corrected chi connectivity index (χ0v) is 54.0. The number of hydrogen-bond acceptors (Lipinski definition) is 4. The summed E-state index contributed by atoms with van der Waals surface area (Å²) < 4.78 is 11.9. The number of hydrogen-bond donors (Lipinski definition) is 1. The van der Waals surface area contributed by atoms with Crippen LogP contribution in [-0.2, 0) is 19.3 Å². The van der Waals surface area contributed by atoms with Crippen LogP contribution in [0.5, 0.6) is 17.2 Å². The van der Waals surface area contributed by atoms with Crippen LogP contribution >= 0.6 is 46.4 Å². The van der Waals surface area contributed by atoms with E-state index in [9.17, 15) is 5.11 Å². The van der Waals surface area contributed by atoms with E-state index in [1.54, 1.807) is 6.07 Å². The number of unbranched alkanes of at least 4 members (excludes halogenated alkanes) is 36. The van der Waals surface area contributed by atoms with Gasteiger partial charge < -0.3 is 20.1 Å². The summed E-state index contributed by atoms with van der Waals surface area (Å²) in [5, 5.41) is 9.81. The van der Waals surface area contributed by atoms with Crippen molar-refractivity contribution in [2.75, 3.05) is 17.5 Å². The predicted molar refractivity (Wildman–Crippen MR) is 333 cm³/mol. The van der Waals surface area contributed by atoms with Gasteiger partial charge in [-0.15, -0.1) is 46.4 Å². The monoisotopic (exact) mass is 1140 g/mol. The van der Waals surface area contributed by atoms with E-state index in [1.165, 1.54) is 267 Å². The third-order valence-electron chi connectivity index (χ3n) is 13.9. The molecule has 0 fully saturated rings. The molecular formula is C66H115Cl4NaO4. The Kier molecular flexibility index (Phi) is 68.7. The van der Waals surface area contributed by atoms with Crippen molar-refractivity contribution < 1.29 is 51.0 Å². The van der Waals surface area contributed by atoms with Crippen molar-refractivity contribution in [2.45, 2.75) is 290 Å². The molecule has 3 rings (SSSR count). The summed E-state index contributed by atoms with van der Waals surface area (Å²) in [6.07, 6.45) is 58.0. The van der Waals surface area contributed by atoms with Crippen LogP contribution in [0.2, 0.25) is 0 Å². The van der Waals surface area contributed by atoms with E-state index in [4.69, 9.17) is 55.9 Å². The van der Waals surface area contributed by atoms with E-state index >= 15 is 0 Å². The predicted octanol–water partition coefficient (Wildman–Crippen LogP) is 21.3. The maximum absolute atomic E-state index is 9.42. The van der Waals surface area contributed by atoms with Crippen LogP contribution in [0.25, 0.3) is 0 Å². The molecule has 0 unspecified atom stereocenters. The van der Waals surface area contributed by atoms with E-state index in [0.717, 1.165) is 30.8 Å². The largest absolute Gasteiger partial charge is 1.00 e. The fourth-order valence-corrected chi connectivity index (χ4v) is 9.50. The SMILES string of the molecule is CCCCCCCCCCCCCCCc1cccc(O)c1.CCCCCCCCCCCCCCCc1cccc(OCOc2cccc(CCCCCCCCCCCCCCC)c2)c1.ClCCl.ClCCl.[2HH].[Na+].[OH-]. The molecule has 0 saturated heterocycles. The molecule has 75 heavy (non-hydrogen) atoms. The van der Waals surface area contributed by atoms with E-state index in [2.05, 4.69) is 63.2 Å². The average Bonchev–Trinajstić information content (AvgIpc) is 3.39. The van der Waals surface area contributed by atoms with Crippen molar-refractivity contribution in [2.24, 2.45) is 0 Å². The Morgan fingerprint density at radius 3 is 0.787 bits per heavy atom. The first kappa shape index (κ1) is 78.4. The minimum absolute atomic E-state index is 0. The Balaban J connectivity index is -0.000000701. The minimum atomic E-state index is 0. The van der Waals surface area contributed by atoms with E-state index in [-0.39, 0.29) is 53.9 Å². The zero-order valence-electron chi connectivity index (χ0n) is 49.0. The number of aryl methyl sites for hydroxylation is 3. The molecule has 0 aliphatic rings. The van der Waals surface area contributed by atoms with Gasteiger partial charge in [0.05, 0.1) is 10.7 Å². The third-order valence-corrected chi connectivity index (χ3v) is 13.9. The van der Waals surface area contributed by atoms with Crippen LogP contribution in [0.15, 0.2) is 72.8 Å².